The SMILES string of the molecule is CC1C(C)(C)C(=O)C1(C)C. The fourth-order valence-corrected chi connectivity index (χ4v) is 2.05. The number of carbonyl (C=O) groups excluding carboxylic acids is 1. The van der Waals surface area contributed by atoms with Crippen molar-refractivity contribution in [2.24, 2.45) is 16.7 Å². The highest BCUT2D eigenvalue weighted by atomic mass is 16.1. The molecule has 0 amide bonds. The quantitative estimate of drug-likeness (QED) is 0.504. The molecule has 1 nitrogen and oxygen atoms in total. The maximum absolute atomic E-state index is 11.4. The average molecular weight is 140 g/mol. The van der Waals surface area contributed by atoms with Gasteiger partial charge >= 0.3 is 0 Å². The molecule has 1 saturated carbocycles. The predicted molar refractivity (Wildman–Crippen MR) is 41.7 cm³/mol. The van der Waals surface area contributed by atoms with E-state index in [0.717, 1.165) is 0 Å². The van der Waals surface area contributed by atoms with Gasteiger partial charge in [-0.3, -0.25) is 4.79 Å². The van der Waals surface area contributed by atoms with Crippen molar-refractivity contribution in [1.82, 2.24) is 0 Å². The van der Waals surface area contributed by atoms with Crippen LogP contribution in [0.4, 0.5) is 0 Å². The van der Waals surface area contributed by atoms with E-state index in [1.165, 1.54) is 0 Å². The van der Waals surface area contributed by atoms with E-state index in [4.69, 9.17) is 0 Å². The Bertz CT molecular complexity index is 159. The largest absolute Gasteiger partial charge is 0.298 e. The Labute approximate surface area is 62.8 Å². The molecule has 0 bridgehead atoms. The Morgan fingerprint density at radius 2 is 1.40 bits per heavy atom. The van der Waals surface area contributed by atoms with Gasteiger partial charge in [0, 0.05) is 10.8 Å². The maximum atomic E-state index is 11.4. The van der Waals surface area contributed by atoms with Crippen molar-refractivity contribution >= 4 is 5.78 Å². The molecule has 0 aromatic rings. The van der Waals surface area contributed by atoms with Crippen molar-refractivity contribution in [3.05, 3.63) is 0 Å². The van der Waals surface area contributed by atoms with Crippen LogP contribution in [0, 0.1) is 16.7 Å². The first-order valence-electron chi connectivity index (χ1n) is 3.86. The number of hydrogen-bond donors (Lipinski definition) is 0. The summed E-state index contributed by atoms with van der Waals surface area (Å²) in [6.45, 7) is 10.3. The average Bonchev–Trinajstić information content (AvgIpc) is 1.84. The second kappa shape index (κ2) is 1.63. The smallest absolute Gasteiger partial charge is 0.144 e. The van der Waals surface area contributed by atoms with Crippen LogP contribution in [0.2, 0.25) is 0 Å². The van der Waals surface area contributed by atoms with Crippen LogP contribution in [0.3, 0.4) is 0 Å². The minimum absolute atomic E-state index is 0.0660. The Hall–Kier alpha value is -0.330. The molecule has 1 fully saturated rings. The van der Waals surface area contributed by atoms with E-state index in [1.807, 2.05) is 27.7 Å². The van der Waals surface area contributed by atoms with Crippen LogP contribution in [0.1, 0.15) is 34.6 Å². The maximum Gasteiger partial charge on any atom is 0.144 e. The number of hydrogen-bond acceptors (Lipinski definition) is 1. The highest BCUT2D eigenvalue weighted by molar-refractivity contribution is 5.96. The third-order valence-electron chi connectivity index (χ3n) is 3.34. The molecular formula is C9H16O. The minimum Gasteiger partial charge on any atom is -0.298 e. The van der Waals surface area contributed by atoms with Gasteiger partial charge in [0.15, 0.2) is 0 Å². The number of rotatable bonds is 0. The Morgan fingerprint density at radius 3 is 1.50 bits per heavy atom. The molecule has 1 aliphatic carbocycles. The summed E-state index contributed by atoms with van der Waals surface area (Å²) in [4.78, 5) is 11.4. The molecule has 0 N–H and O–H groups in total. The molecule has 0 radical (unpaired) electrons. The highest BCUT2D eigenvalue weighted by Crippen LogP contribution is 2.54. The number of Topliss-reactive ketones (excluding diaryl/α,β-unsaturated/α-hetero) is 1. The van der Waals surface area contributed by atoms with Gasteiger partial charge in [-0.25, -0.2) is 0 Å². The Morgan fingerprint density at radius 1 is 1.10 bits per heavy atom. The van der Waals surface area contributed by atoms with E-state index < -0.39 is 0 Å². The van der Waals surface area contributed by atoms with Crippen LogP contribution in [0.25, 0.3) is 0 Å². The molecule has 0 saturated heterocycles. The van der Waals surface area contributed by atoms with E-state index in [2.05, 4.69) is 6.92 Å². The van der Waals surface area contributed by atoms with Gasteiger partial charge in [-0.15, -0.1) is 0 Å². The lowest BCUT2D eigenvalue weighted by Gasteiger charge is -2.54. The van der Waals surface area contributed by atoms with Crippen LogP contribution in [-0.4, -0.2) is 5.78 Å². The lowest BCUT2D eigenvalue weighted by atomic mass is 9.48. The molecule has 1 rings (SSSR count). The first-order valence-corrected chi connectivity index (χ1v) is 3.86. The molecule has 58 valence electrons. The molecule has 0 spiro atoms. The molecule has 0 atom stereocenters. The van der Waals surface area contributed by atoms with Crippen LogP contribution >= 0.6 is 0 Å². The lowest BCUT2D eigenvalue weighted by Crippen LogP contribution is -2.58. The monoisotopic (exact) mass is 140 g/mol. The van der Waals surface area contributed by atoms with Gasteiger partial charge in [0.25, 0.3) is 0 Å². The van der Waals surface area contributed by atoms with Crippen LogP contribution in [0.15, 0.2) is 0 Å². The third-order valence-corrected chi connectivity index (χ3v) is 3.34. The molecule has 0 aromatic heterocycles. The van der Waals surface area contributed by atoms with Crippen LogP contribution < -0.4 is 0 Å². The van der Waals surface area contributed by atoms with Gasteiger partial charge in [-0.05, 0) is 5.92 Å². The second-order valence-electron chi connectivity index (χ2n) is 4.49. The molecule has 0 aliphatic heterocycles. The van der Waals surface area contributed by atoms with Crippen LogP contribution in [0.5, 0.6) is 0 Å². The number of carbonyl (C=O) groups is 1. The Kier molecular flexibility index (Phi) is 1.27. The van der Waals surface area contributed by atoms with E-state index >= 15 is 0 Å². The second-order valence-corrected chi connectivity index (χ2v) is 4.49. The van der Waals surface area contributed by atoms with Crippen molar-refractivity contribution in [2.75, 3.05) is 0 Å². The van der Waals surface area contributed by atoms with E-state index in [9.17, 15) is 4.79 Å². The number of ketones is 1. The summed E-state index contributed by atoms with van der Waals surface area (Å²) < 4.78 is 0. The normalized spacial score (nSPS) is 29.9. The van der Waals surface area contributed by atoms with Crippen molar-refractivity contribution in [2.45, 2.75) is 34.6 Å². The standard InChI is InChI=1S/C9H16O/c1-6-8(2,3)7(10)9(6,4)5/h6H,1-5H3. The molecule has 0 unspecified atom stereocenters. The van der Waals surface area contributed by atoms with Gasteiger partial charge < -0.3 is 0 Å². The fourth-order valence-electron chi connectivity index (χ4n) is 2.05. The molecule has 1 heteroatoms. The minimum atomic E-state index is -0.0660. The highest BCUT2D eigenvalue weighted by Gasteiger charge is 2.58. The topological polar surface area (TPSA) is 17.1 Å². The van der Waals surface area contributed by atoms with Crippen molar-refractivity contribution < 1.29 is 4.79 Å². The molecular weight excluding hydrogens is 124 g/mol. The summed E-state index contributed by atoms with van der Waals surface area (Å²) in [6, 6.07) is 0. The zero-order chi connectivity index (χ0) is 8.15. The summed E-state index contributed by atoms with van der Waals surface area (Å²) in [5.41, 5.74) is -0.132. The third kappa shape index (κ3) is 0.609. The Balaban J connectivity index is 2.89. The summed E-state index contributed by atoms with van der Waals surface area (Å²) >= 11 is 0. The molecule has 0 heterocycles. The summed E-state index contributed by atoms with van der Waals surface area (Å²) in [5.74, 6) is 0.931. The van der Waals surface area contributed by atoms with E-state index in [1.54, 1.807) is 0 Å². The van der Waals surface area contributed by atoms with Gasteiger partial charge in [0.05, 0.1) is 0 Å². The zero-order valence-electron chi connectivity index (χ0n) is 7.49. The van der Waals surface area contributed by atoms with Gasteiger partial charge in [0.1, 0.15) is 5.78 Å². The zero-order valence-corrected chi connectivity index (χ0v) is 7.49. The van der Waals surface area contributed by atoms with Crippen molar-refractivity contribution in [1.29, 1.82) is 0 Å². The molecule has 1 aliphatic rings. The summed E-state index contributed by atoms with van der Waals surface area (Å²) in [5, 5.41) is 0. The van der Waals surface area contributed by atoms with E-state index in [-0.39, 0.29) is 10.8 Å². The van der Waals surface area contributed by atoms with Crippen molar-refractivity contribution in [3.63, 3.8) is 0 Å². The fraction of sp³-hybridized carbons (Fsp3) is 0.889. The predicted octanol–water partition coefficient (Wildman–Crippen LogP) is 2.26. The first-order chi connectivity index (χ1) is 4.31. The van der Waals surface area contributed by atoms with Crippen LogP contribution in [-0.2, 0) is 4.79 Å². The summed E-state index contributed by atoms with van der Waals surface area (Å²) in [6.07, 6.45) is 0. The van der Waals surface area contributed by atoms with Crippen molar-refractivity contribution in [3.8, 4) is 0 Å². The summed E-state index contributed by atoms with van der Waals surface area (Å²) in [7, 11) is 0. The lowest BCUT2D eigenvalue weighted by molar-refractivity contribution is -0.163. The van der Waals surface area contributed by atoms with E-state index in [0.29, 0.717) is 11.7 Å². The molecule has 0 aromatic carbocycles. The first kappa shape index (κ1) is 7.77. The van der Waals surface area contributed by atoms with Gasteiger partial charge in [-0.2, -0.15) is 0 Å². The van der Waals surface area contributed by atoms with Gasteiger partial charge in [-0.1, -0.05) is 34.6 Å². The van der Waals surface area contributed by atoms with Gasteiger partial charge in [0.2, 0.25) is 0 Å². The molecule has 10 heavy (non-hydrogen) atoms.